The maximum atomic E-state index is 4.81. The fourth-order valence-electron chi connectivity index (χ4n) is 2.48. The summed E-state index contributed by atoms with van der Waals surface area (Å²) in [5.74, 6) is 0. The predicted molar refractivity (Wildman–Crippen MR) is 104 cm³/mol. The largest absolute Gasteiger partial charge is 0.366 e. The molecule has 2 rings (SSSR count). The van der Waals surface area contributed by atoms with E-state index < -0.39 is 0 Å². The second-order valence-electron chi connectivity index (χ2n) is 7.40. The summed E-state index contributed by atoms with van der Waals surface area (Å²) >= 11 is 0. The summed E-state index contributed by atoms with van der Waals surface area (Å²) in [5.41, 5.74) is 6.74. The smallest absolute Gasteiger partial charge is 0.0910 e. The Labute approximate surface area is 146 Å². The molecule has 0 unspecified atom stereocenters. The molecule has 0 radical (unpaired) electrons. The molecule has 0 amide bonds. The number of nitrogens with zero attached hydrogens (tertiary/aromatic N) is 3. The molecule has 1 heterocycles. The third kappa shape index (κ3) is 4.22. The monoisotopic (exact) mass is 323 g/mol. The van der Waals surface area contributed by atoms with Crippen molar-refractivity contribution < 1.29 is 0 Å². The molecular weight excluding hydrogens is 294 g/mol. The zero-order valence-electron chi connectivity index (χ0n) is 16.0. The van der Waals surface area contributed by atoms with Crippen LogP contribution in [0.1, 0.15) is 44.5 Å². The summed E-state index contributed by atoms with van der Waals surface area (Å²) in [7, 11) is 2.02. The quantitative estimate of drug-likeness (QED) is 0.566. The molecule has 0 fully saturated rings. The van der Waals surface area contributed by atoms with Crippen molar-refractivity contribution in [2.45, 2.75) is 47.0 Å². The van der Waals surface area contributed by atoms with Crippen LogP contribution in [0.4, 0.5) is 5.69 Å². The number of rotatable bonds is 4. The van der Waals surface area contributed by atoms with Crippen LogP contribution in [0.2, 0.25) is 0 Å². The fourth-order valence-corrected chi connectivity index (χ4v) is 2.48. The van der Waals surface area contributed by atoms with Crippen LogP contribution in [-0.2, 0) is 5.41 Å². The Bertz CT molecular complexity index is 722. The van der Waals surface area contributed by atoms with E-state index in [1.807, 2.05) is 25.2 Å². The molecule has 0 spiro atoms. The van der Waals surface area contributed by atoms with E-state index >= 15 is 0 Å². The fraction of sp³-hybridized carbons (Fsp3) is 0.429. The second-order valence-corrected chi connectivity index (χ2v) is 7.40. The van der Waals surface area contributed by atoms with Crippen molar-refractivity contribution in [1.29, 1.82) is 0 Å². The summed E-state index contributed by atoms with van der Waals surface area (Å²) in [5, 5.41) is 0. The molecule has 1 aromatic heterocycles. The van der Waals surface area contributed by atoms with Gasteiger partial charge in [-0.3, -0.25) is 4.98 Å². The molecule has 0 aliphatic heterocycles. The van der Waals surface area contributed by atoms with Gasteiger partial charge in [-0.2, -0.15) is 0 Å². The molecule has 0 bridgehead atoms. The van der Waals surface area contributed by atoms with E-state index in [1.54, 1.807) is 0 Å². The van der Waals surface area contributed by atoms with Gasteiger partial charge in [0.05, 0.1) is 23.4 Å². The van der Waals surface area contributed by atoms with Gasteiger partial charge in [-0.05, 0) is 43.4 Å². The zero-order valence-corrected chi connectivity index (χ0v) is 16.0. The minimum Gasteiger partial charge on any atom is -0.366 e. The van der Waals surface area contributed by atoms with Crippen molar-refractivity contribution in [2.24, 2.45) is 4.99 Å². The summed E-state index contributed by atoms with van der Waals surface area (Å²) < 4.78 is 0. The average Bonchev–Trinajstić information content (AvgIpc) is 2.54. The van der Waals surface area contributed by atoms with Crippen LogP contribution in [0.3, 0.4) is 0 Å². The number of aryl methyl sites for hydroxylation is 2. The van der Waals surface area contributed by atoms with Crippen LogP contribution >= 0.6 is 0 Å². The molecule has 0 saturated heterocycles. The maximum Gasteiger partial charge on any atom is 0.0910 e. The highest BCUT2D eigenvalue weighted by atomic mass is 15.1. The Morgan fingerprint density at radius 3 is 2.29 bits per heavy atom. The number of pyridine rings is 1. The molecule has 0 aliphatic rings. The highest BCUT2D eigenvalue weighted by Crippen LogP contribution is 2.29. The van der Waals surface area contributed by atoms with Gasteiger partial charge in [-0.25, -0.2) is 4.99 Å². The third-order valence-electron chi connectivity index (χ3n) is 4.29. The molecule has 0 atom stereocenters. The molecule has 0 saturated carbocycles. The van der Waals surface area contributed by atoms with E-state index in [0.29, 0.717) is 0 Å². The Kier molecular flexibility index (Phi) is 5.43. The molecule has 1 aromatic carbocycles. The number of hydrogen-bond acceptors (Lipinski definition) is 2. The number of hydrogen-bond donors (Lipinski definition) is 0. The van der Waals surface area contributed by atoms with Crippen molar-refractivity contribution in [3.05, 3.63) is 47.2 Å². The predicted octanol–water partition coefficient (Wildman–Crippen LogP) is 5.27. The lowest BCUT2D eigenvalue weighted by Crippen LogP contribution is -2.14. The normalized spacial score (nSPS) is 12.0. The molecule has 24 heavy (non-hydrogen) atoms. The first kappa shape index (κ1) is 18.2. The zero-order chi connectivity index (χ0) is 17.9. The third-order valence-corrected chi connectivity index (χ3v) is 4.29. The summed E-state index contributed by atoms with van der Waals surface area (Å²) in [4.78, 5) is 11.4. The van der Waals surface area contributed by atoms with Crippen LogP contribution in [-0.4, -0.2) is 29.8 Å². The van der Waals surface area contributed by atoms with Gasteiger partial charge in [-0.1, -0.05) is 45.0 Å². The SMILES string of the molecule is CCN(C)C=Nc1cc(C)c(-c2ccc(C(C)(C)C)cc2)nc1C. The highest BCUT2D eigenvalue weighted by molar-refractivity contribution is 5.69. The molecule has 0 aliphatic carbocycles. The van der Waals surface area contributed by atoms with Gasteiger partial charge in [0.1, 0.15) is 0 Å². The average molecular weight is 323 g/mol. The Hall–Kier alpha value is -2.16. The molecule has 3 heteroatoms. The van der Waals surface area contributed by atoms with Crippen molar-refractivity contribution in [3.63, 3.8) is 0 Å². The maximum absolute atomic E-state index is 4.81. The Morgan fingerprint density at radius 2 is 1.75 bits per heavy atom. The number of benzene rings is 1. The van der Waals surface area contributed by atoms with Crippen molar-refractivity contribution in [2.75, 3.05) is 13.6 Å². The van der Waals surface area contributed by atoms with Gasteiger partial charge in [0.25, 0.3) is 0 Å². The van der Waals surface area contributed by atoms with E-state index in [-0.39, 0.29) is 5.41 Å². The van der Waals surface area contributed by atoms with E-state index in [2.05, 4.69) is 69.9 Å². The first-order valence-corrected chi connectivity index (χ1v) is 8.56. The van der Waals surface area contributed by atoms with Crippen molar-refractivity contribution >= 4 is 12.0 Å². The van der Waals surface area contributed by atoms with Gasteiger partial charge >= 0.3 is 0 Å². The molecular formula is C21H29N3. The van der Waals surface area contributed by atoms with Gasteiger partial charge < -0.3 is 4.90 Å². The van der Waals surface area contributed by atoms with Gasteiger partial charge in [0.2, 0.25) is 0 Å². The van der Waals surface area contributed by atoms with Crippen LogP contribution in [0, 0.1) is 13.8 Å². The summed E-state index contributed by atoms with van der Waals surface area (Å²) in [6.07, 6.45) is 1.86. The number of aliphatic imine (C=N–C) groups is 1. The Balaban J connectivity index is 2.35. The van der Waals surface area contributed by atoms with E-state index in [9.17, 15) is 0 Å². The first-order chi connectivity index (χ1) is 11.2. The van der Waals surface area contributed by atoms with Crippen LogP contribution < -0.4 is 0 Å². The first-order valence-electron chi connectivity index (χ1n) is 8.56. The van der Waals surface area contributed by atoms with E-state index in [4.69, 9.17) is 4.98 Å². The lowest BCUT2D eigenvalue weighted by molar-refractivity contribution is 0.552. The summed E-state index contributed by atoms with van der Waals surface area (Å²) in [6.45, 7) is 13.9. The van der Waals surface area contributed by atoms with Gasteiger partial charge in [0, 0.05) is 19.2 Å². The highest BCUT2D eigenvalue weighted by Gasteiger charge is 2.14. The van der Waals surface area contributed by atoms with E-state index in [1.165, 1.54) is 5.56 Å². The van der Waals surface area contributed by atoms with Crippen LogP contribution in [0.15, 0.2) is 35.3 Å². The molecule has 3 nitrogen and oxygen atoms in total. The standard InChI is InChI=1S/C21H29N3/c1-8-24(7)14-22-19-13-15(2)20(23-16(19)3)17-9-11-18(12-10-17)21(4,5)6/h9-14H,8H2,1-7H3. The molecule has 128 valence electrons. The topological polar surface area (TPSA) is 28.5 Å². The van der Waals surface area contributed by atoms with E-state index in [0.717, 1.165) is 34.7 Å². The van der Waals surface area contributed by atoms with Crippen LogP contribution in [0.25, 0.3) is 11.3 Å². The second kappa shape index (κ2) is 7.16. The minimum atomic E-state index is 0.167. The Morgan fingerprint density at radius 1 is 1.12 bits per heavy atom. The minimum absolute atomic E-state index is 0.167. The van der Waals surface area contributed by atoms with Crippen molar-refractivity contribution in [1.82, 2.24) is 9.88 Å². The molecule has 0 N–H and O–H groups in total. The van der Waals surface area contributed by atoms with Gasteiger partial charge in [-0.15, -0.1) is 0 Å². The van der Waals surface area contributed by atoms with Crippen LogP contribution in [0.5, 0.6) is 0 Å². The lowest BCUT2D eigenvalue weighted by atomic mass is 9.86. The summed E-state index contributed by atoms with van der Waals surface area (Å²) in [6, 6.07) is 10.9. The van der Waals surface area contributed by atoms with Gasteiger partial charge in [0.15, 0.2) is 0 Å². The molecule has 2 aromatic rings. The lowest BCUT2D eigenvalue weighted by Gasteiger charge is -2.19. The number of aromatic nitrogens is 1. The van der Waals surface area contributed by atoms with Crippen molar-refractivity contribution in [3.8, 4) is 11.3 Å².